The first-order valence-electron chi connectivity index (χ1n) is 7.03. The number of benzene rings is 2. The van der Waals surface area contributed by atoms with Crippen LogP contribution >= 0.6 is 23.4 Å². The number of thioether (sulfide) groups is 1. The average molecular weight is 344 g/mol. The molecule has 1 aromatic heterocycles. The van der Waals surface area contributed by atoms with Crippen LogP contribution < -0.4 is 5.32 Å². The van der Waals surface area contributed by atoms with Crippen LogP contribution in [0.3, 0.4) is 0 Å². The fourth-order valence-corrected chi connectivity index (χ4v) is 3.22. The number of hydrogen-bond acceptors (Lipinski definition) is 4. The molecule has 2 aromatic carbocycles. The van der Waals surface area contributed by atoms with Crippen LogP contribution in [0.15, 0.2) is 53.7 Å². The van der Waals surface area contributed by atoms with Crippen LogP contribution in [0.5, 0.6) is 0 Å². The molecule has 0 radical (unpaired) electrons. The Bertz CT molecular complexity index is 864. The highest BCUT2D eigenvalue weighted by atomic mass is 35.5. The lowest BCUT2D eigenvalue weighted by Crippen LogP contribution is -2.14. The zero-order valence-electron chi connectivity index (χ0n) is 12.4. The lowest BCUT2D eigenvalue weighted by molar-refractivity contribution is -0.113. The third-order valence-corrected chi connectivity index (χ3v) is 4.57. The number of nitrogens with one attached hydrogen (secondary N) is 1. The van der Waals surface area contributed by atoms with Crippen molar-refractivity contribution in [3.8, 4) is 0 Å². The Morgan fingerprint density at radius 2 is 2.09 bits per heavy atom. The van der Waals surface area contributed by atoms with Gasteiger partial charge < -0.3 is 5.32 Å². The van der Waals surface area contributed by atoms with Gasteiger partial charge in [-0.25, -0.2) is 0 Å². The van der Waals surface area contributed by atoms with Crippen molar-refractivity contribution in [1.29, 1.82) is 0 Å². The van der Waals surface area contributed by atoms with E-state index in [9.17, 15) is 4.79 Å². The van der Waals surface area contributed by atoms with Gasteiger partial charge in [-0.15, -0.1) is 5.10 Å². The van der Waals surface area contributed by atoms with E-state index in [1.807, 2.05) is 43.3 Å². The van der Waals surface area contributed by atoms with Crippen molar-refractivity contribution < 1.29 is 4.79 Å². The number of carbonyl (C=O) groups excluding carboxylic acids is 1. The number of aryl methyl sites for hydroxylation is 1. The van der Waals surface area contributed by atoms with Gasteiger partial charge in [-0.1, -0.05) is 53.7 Å². The molecule has 1 heterocycles. The van der Waals surface area contributed by atoms with Crippen molar-refractivity contribution in [2.45, 2.75) is 11.9 Å². The minimum Gasteiger partial charge on any atom is -0.324 e. The molecule has 6 heteroatoms. The molecule has 0 spiro atoms. The van der Waals surface area contributed by atoms with Crippen LogP contribution in [-0.4, -0.2) is 21.9 Å². The van der Waals surface area contributed by atoms with Crippen molar-refractivity contribution >= 4 is 45.7 Å². The summed E-state index contributed by atoms with van der Waals surface area (Å²) in [5.74, 6) is 0.114. The van der Waals surface area contributed by atoms with Crippen molar-refractivity contribution in [3.05, 3.63) is 59.2 Å². The number of rotatable bonds is 4. The summed E-state index contributed by atoms with van der Waals surface area (Å²) in [4.78, 5) is 12.1. The molecule has 0 atom stereocenters. The molecule has 3 aromatic rings. The van der Waals surface area contributed by atoms with Gasteiger partial charge in [0.2, 0.25) is 5.91 Å². The molecule has 116 valence electrons. The highest BCUT2D eigenvalue weighted by Crippen LogP contribution is 2.26. The molecule has 0 saturated heterocycles. The van der Waals surface area contributed by atoms with Crippen molar-refractivity contribution in [1.82, 2.24) is 10.2 Å². The van der Waals surface area contributed by atoms with Gasteiger partial charge in [0, 0.05) is 10.8 Å². The first-order chi connectivity index (χ1) is 11.1. The summed E-state index contributed by atoms with van der Waals surface area (Å²) in [7, 11) is 0. The molecule has 0 unspecified atom stereocenters. The quantitative estimate of drug-likeness (QED) is 0.717. The van der Waals surface area contributed by atoms with Gasteiger partial charge in [0.15, 0.2) is 0 Å². The molecule has 0 fully saturated rings. The standard InChI is InChI=1S/C17H14ClN3OS/c1-11-6-7-15(14(18)8-11)20-16(22)10-23-17-13-5-3-2-4-12(13)9-19-21-17/h2-9H,10H2,1H3,(H,20,22). The molecule has 23 heavy (non-hydrogen) atoms. The normalized spacial score (nSPS) is 10.7. The number of anilines is 1. The number of carbonyl (C=O) groups is 1. The molecule has 0 bridgehead atoms. The van der Waals surface area contributed by atoms with Gasteiger partial charge in [-0.05, 0) is 24.6 Å². The molecule has 0 aliphatic heterocycles. The van der Waals surface area contributed by atoms with Crippen molar-refractivity contribution in [2.75, 3.05) is 11.1 Å². The molecular weight excluding hydrogens is 330 g/mol. The zero-order chi connectivity index (χ0) is 16.2. The summed E-state index contributed by atoms with van der Waals surface area (Å²) in [6.45, 7) is 1.95. The summed E-state index contributed by atoms with van der Waals surface area (Å²) in [6, 6.07) is 13.4. The molecule has 0 aliphatic rings. The smallest absolute Gasteiger partial charge is 0.234 e. The number of fused-ring (bicyclic) bond motifs is 1. The summed E-state index contributed by atoms with van der Waals surface area (Å²) in [5, 5.41) is 14.2. The van der Waals surface area contributed by atoms with Crippen molar-refractivity contribution in [3.63, 3.8) is 0 Å². The molecule has 1 amide bonds. The first-order valence-corrected chi connectivity index (χ1v) is 8.39. The first kappa shape index (κ1) is 15.8. The Morgan fingerprint density at radius 1 is 1.26 bits per heavy atom. The maximum absolute atomic E-state index is 12.1. The number of hydrogen-bond donors (Lipinski definition) is 1. The Balaban J connectivity index is 1.69. The van der Waals surface area contributed by atoms with Crippen LogP contribution in [0.4, 0.5) is 5.69 Å². The van der Waals surface area contributed by atoms with E-state index in [1.165, 1.54) is 11.8 Å². The second kappa shape index (κ2) is 6.98. The van der Waals surface area contributed by atoms with E-state index in [1.54, 1.807) is 12.3 Å². The summed E-state index contributed by atoms with van der Waals surface area (Å²) in [5.41, 5.74) is 1.67. The maximum atomic E-state index is 12.1. The van der Waals surface area contributed by atoms with Crippen LogP contribution in [0.2, 0.25) is 5.02 Å². The molecule has 1 N–H and O–H groups in total. The van der Waals surface area contributed by atoms with Crippen LogP contribution in [0.25, 0.3) is 10.8 Å². The van der Waals surface area contributed by atoms with Crippen molar-refractivity contribution in [2.24, 2.45) is 0 Å². The summed E-state index contributed by atoms with van der Waals surface area (Å²) in [6.07, 6.45) is 1.71. The number of amides is 1. The Kier molecular flexibility index (Phi) is 4.79. The largest absolute Gasteiger partial charge is 0.324 e. The van der Waals surface area contributed by atoms with Gasteiger partial charge in [-0.2, -0.15) is 5.10 Å². The van der Waals surface area contributed by atoms with Gasteiger partial charge in [-0.3, -0.25) is 4.79 Å². The Labute approximate surface area is 143 Å². The number of nitrogens with zero attached hydrogens (tertiary/aromatic N) is 2. The molecular formula is C17H14ClN3OS. The summed E-state index contributed by atoms with van der Waals surface area (Å²) >= 11 is 7.48. The minimum atomic E-state index is -0.129. The highest BCUT2D eigenvalue weighted by Gasteiger charge is 2.09. The van der Waals surface area contributed by atoms with E-state index in [0.29, 0.717) is 10.7 Å². The number of halogens is 1. The van der Waals surface area contributed by atoms with E-state index >= 15 is 0 Å². The SMILES string of the molecule is Cc1ccc(NC(=O)CSc2nncc3ccccc23)c(Cl)c1. The molecule has 3 rings (SSSR count). The summed E-state index contributed by atoms with van der Waals surface area (Å²) < 4.78 is 0. The Morgan fingerprint density at radius 3 is 2.91 bits per heavy atom. The molecule has 0 saturated carbocycles. The maximum Gasteiger partial charge on any atom is 0.234 e. The monoisotopic (exact) mass is 343 g/mol. The minimum absolute atomic E-state index is 0.129. The van der Waals surface area contributed by atoms with Gasteiger partial charge in [0.25, 0.3) is 0 Å². The molecule has 0 aliphatic carbocycles. The van der Waals surface area contributed by atoms with E-state index in [-0.39, 0.29) is 11.7 Å². The van der Waals surface area contributed by atoms with E-state index < -0.39 is 0 Å². The predicted molar refractivity (Wildman–Crippen MR) is 95.1 cm³/mol. The highest BCUT2D eigenvalue weighted by molar-refractivity contribution is 8.00. The lowest BCUT2D eigenvalue weighted by atomic mass is 10.2. The fraction of sp³-hybridized carbons (Fsp3) is 0.118. The van der Waals surface area contributed by atoms with Gasteiger partial charge in [0.1, 0.15) is 5.03 Å². The number of aromatic nitrogens is 2. The topological polar surface area (TPSA) is 54.9 Å². The lowest BCUT2D eigenvalue weighted by Gasteiger charge is -2.08. The predicted octanol–water partition coefficient (Wildman–Crippen LogP) is 4.32. The van der Waals surface area contributed by atoms with Gasteiger partial charge in [0.05, 0.1) is 22.7 Å². The zero-order valence-corrected chi connectivity index (χ0v) is 14.0. The molecule has 4 nitrogen and oxygen atoms in total. The average Bonchev–Trinajstić information content (AvgIpc) is 2.55. The third kappa shape index (κ3) is 3.81. The van der Waals surface area contributed by atoms with Gasteiger partial charge >= 0.3 is 0 Å². The van der Waals surface area contributed by atoms with E-state index in [0.717, 1.165) is 21.4 Å². The second-order valence-electron chi connectivity index (χ2n) is 5.06. The van der Waals surface area contributed by atoms with Crippen LogP contribution in [0.1, 0.15) is 5.56 Å². The van der Waals surface area contributed by atoms with E-state index in [2.05, 4.69) is 15.5 Å². The third-order valence-electron chi connectivity index (χ3n) is 3.28. The van der Waals surface area contributed by atoms with Crippen LogP contribution in [-0.2, 0) is 4.79 Å². The Hall–Kier alpha value is -2.11. The second-order valence-corrected chi connectivity index (χ2v) is 6.43. The fourth-order valence-electron chi connectivity index (χ4n) is 2.15. The van der Waals surface area contributed by atoms with E-state index in [4.69, 9.17) is 11.6 Å². The van der Waals surface area contributed by atoms with Crippen LogP contribution in [0, 0.1) is 6.92 Å².